The number of anilines is 1. The quantitative estimate of drug-likeness (QED) is 0.618. The molecular formula is C20H20N2S. The monoisotopic (exact) mass is 320 g/mol. The highest BCUT2D eigenvalue weighted by Crippen LogP contribution is 2.61. The molecule has 0 aliphatic carbocycles. The minimum Gasteiger partial charge on any atom is -0.309 e. The third-order valence-corrected chi connectivity index (χ3v) is 7.62. The highest BCUT2D eigenvalue weighted by Gasteiger charge is 2.57. The smallest absolute Gasteiger partial charge is 0.150 e. The maximum absolute atomic E-state index is 4.90. The minimum atomic E-state index is 0.101. The summed E-state index contributed by atoms with van der Waals surface area (Å²) >= 11 is 1.74. The molecule has 3 aliphatic heterocycles. The van der Waals surface area contributed by atoms with Gasteiger partial charge in [0.2, 0.25) is 0 Å². The molecule has 0 N–H and O–H groups in total. The van der Waals surface area contributed by atoms with Crippen molar-refractivity contribution in [2.24, 2.45) is 9.81 Å². The number of hydrogen-bond donors (Lipinski definition) is 0. The van der Waals surface area contributed by atoms with Crippen LogP contribution in [0.3, 0.4) is 0 Å². The Hall–Kier alpha value is -1.74. The van der Waals surface area contributed by atoms with E-state index in [0.717, 1.165) is 5.84 Å². The zero-order chi connectivity index (χ0) is 16.0. The van der Waals surface area contributed by atoms with E-state index in [9.17, 15) is 0 Å². The number of para-hydroxylation sites is 1. The lowest BCUT2D eigenvalue weighted by Crippen LogP contribution is -2.57. The van der Waals surface area contributed by atoms with Crippen LogP contribution in [0.15, 0.2) is 46.9 Å². The van der Waals surface area contributed by atoms with Gasteiger partial charge in [0.05, 0.1) is 5.69 Å². The Bertz CT molecular complexity index is 879. The van der Waals surface area contributed by atoms with Gasteiger partial charge in [0, 0.05) is 28.5 Å². The molecule has 2 aromatic carbocycles. The molecular weight excluding hydrogens is 300 g/mol. The van der Waals surface area contributed by atoms with Gasteiger partial charge in [-0.1, -0.05) is 70.2 Å². The Morgan fingerprint density at radius 2 is 1.61 bits per heavy atom. The standard InChI is InChI=1S/C20H20N2S/c1-19(2)15-11-7-10-13-12-8-5-6-9-14(12)17-21-23-18(20(19,3)4)22(17)16(13)15/h5-11,18H,1-4H3. The van der Waals surface area contributed by atoms with Crippen molar-refractivity contribution in [2.75, 3.05) is 4.90 Å². The Kier molecular flexibility index (Phi) is 2.39. The lowest BCUT2D eigenvalue weighted by Gasteiger charge is -2.55. The number of benzene rings is 2. The van der Waals surface area contributed by atoms with Gasteiger partial charge in [0.1, 0.15) is 11.2 Å². The first kappa shape index (κ1) is 13.7. The van der Waals surface area contributed by atoms with Crippen LogP contribution in [0.25, 0.3) is 11.1 Å². The molecule has 116 valence electrons. The summed E-state index contributed by atoms with van der Waals surface area (Å²) in [7, 11) is 0. The van der Waals surface area contributed by atoms with E-state index in [4.69, 9.17) is 4.40 Å². The van der Waals surface area contributed by atoms with Crippen LogP contribution >= 0.6 is 11.9 Å². The maximum Gasteiger partial charge on any atom is 0.150 e. The largest absolute Gasteiger partial charge is 0.309 e. The zero-order valence-corrected chi connectivity index (χ0v) is 14.7. The summed E-state index contributed by atoms with van der Waals surface area (Å²) in [5, 5.41) is 0.356. The topological polar surface area (TPSA) is 15.6 Å². The van der Waals surface area contributed by atoms with Gasteiger partial charge in [-0.05, 0) is 16.5 Å². The first-order chi connectivity index (χ1) is 10.9. The molecule has 1 unspecified atom stereocenters. The summed E-state index contributed by atoms with van der Waals surface area (Å²) in [5.74, 6) is 1.14. The molecule has 3 aliphatic rings. The first-order valence-electron chi connectivity index (χ1n) is 8.21. The van der Waals surface area contributed by atoms with E-state index in [-0.39, 0.29) is 10.8 Å². The second-order valence-electron chi connectivity index (χ2n) is 7.84. The Balaban J connectivity index is 1.94. The van der Waals surface area contributed by atoms with Crippen molar-refractivity contribution in [3.63, 3.8) is 0 Å². The molecule has 0 saturated heterocycles. The van der Waals surface area contributed by atoms with Crippen LogP contribution in [0.1, 0.15) is 38.8 Å². The number of amidine groups is 1. The van der Waals surface area contributed by atoms with Gasteiger partial charge in [-0.15, -0.1) is 0 Å². The van der Waals surface area contributed by atoms with Crippen LogP contribution < -0.4 is 4.90 Å². The SMILES string of the molecule is CC1(C)c2cccc3c2N2C(=NSC2C1(C)C)c1ccccc1-3. The summed E-state index contributed by atoms with van der Waals surface area (Å²) in [6.45, 7) is 9.55. The van der Waals surface area contributed by atoms with Crippen LogP contribution in [0.2, 0.25) is 0 Å². The molecule has 0 fully saturated rings. The Labute approximate surface area is 141 Å². The average molecular weight is 320 g/mol. The van der Waals surface area contributed by atoms with Gasteiger partial charge in [0.25, 0.3) is 0 Å². The Morgan fingerprint density at radius 1 is 0.913 bits per heavy atom. The fourth-order valence-corrected chi connectivity index (χ4v) is 5.50. The van der Waals surface area contributed by atoms with Crippen molar-refractivity contribution < 1.29 is 0 Å². The summed E-state index contributed by atoms with van der Waals surface area (Å²) in [6.07, 6.45) is 0. The lowest BCUT2D eigenvalue weighted by atomic mass is 9.60. The third-order valence-electron chi connectivity index (χ3n) is 6.34. The van der Waals surface area contributed by atoms with Crippen molar-refractivity contribution in [3.05, 3.63) is 53.6 Å². The molecule has 0 amide bonds. The molecule has 5 rings (SSSR count). The fraction of sp³-hybridized carbons (Fsp3) is 0.350. The number of fused-ring (bicyclic) bond motifs is 3. The molecule has 3 heteroatoms. The molecule has 0 radical (unpaired) electrons. The van der Waals surface area contributed by atoms with Gasteiger partial charge in [0.15, 0.2) is 0 Å². The Morgan fingerprint density at radius 3 is 2.39 bits per heavy atom. The van der Waals surface area contributed by atoms with E-state index < -0.39 is 0 Å². The minimum absolute atomic E-state index is 0.101. The van der Waals surface area contributed by atoms with E-state index in [1.54, 1.807) is 11.9 Å². The molecule has 23 heavy (non-hydrogen) atoms. The average Bonchev–Trinajstić information content (AvgIpc) is 2.99. The van der Waals surface area contributed by atoms with Crippen molar-refractivity contribution in [1.29, 1.82) is 0 Å². The van der Waals surface area contributed by atoms with E-state index in [0.29, 0.717) is 5.37 Å². The predicted molar refractivity (Wildman–Crippen MR) is 99.1 cm³/mol. The maximum atomic E-state index is 4.90. The van der Waals surface area contributed by atoms with Gasteiger partial charge in [-0.25, -0.2) is 0 Å². The summed E-state index contributed by atoms with van der Waals surface area (Å²) < 4.78 is 4.90. The second-order valence-corrected chi connectivity index (χ2v) is 8.68. The van der Waals surface area contributed by atoms with Gasteiger partial charge >= 0.3 is 0 Å². The van der Waals surface area contributed by atoms with Crippen LogP contribution in [-0.4, -0.2) is 11.2 Å². The molecule has 2 nitrogen and oxygen atoms in total. The van der Waals surface area contributed by atoms with E-state index >= 15 is 0 Å². The lowest BCUT2D eigenvalue weighted by molar-refractivity contribution is 0.183. The van der Waals surface area contributed by atoms with Crippen LogP contribution in [0.5, 0.6) is 0 Å². The van der Waals surface area contributed by atoms with E-state index in [1.165, 1.54) is 27.9 Å². The highest BCUT2D eigenvalue weighted by molar-refractivity contribution is 7.99. The molecule has 0 spiro atoms. The molecule has 1 atom stereocenters. The third kappa shape index (κ3) is 1.41. The second kappa shape index (κ2) is 4.02. The van der Waals surface area contributed by atoms with E-state index in [1.807, 2.05) is 0 Å². The zero-order valence-electron chi connectivity index (χ0n) is 13.9. The van der Waals surface area contributed by atoms with E-state index in [2.05, 4.69) is 75.1 Å². The fourth-order valence-electron chi connectivity index (χ4n) is 4.25. The summed E-state index contributed by atoms with van der Waals surface area (Å²) in [4.78, 5) is 2.50. The van der Waals surface area contributed by atoms with Crippen molar-refractivity contribution >= 4 is 23.5 Å². The van der Waals surface area contributed by atoms with Crippen molar-refractivity contribution in [1.82, 2.24) is 0 Å². The van der Waals surface area contributed by atoms with Crippen molar-refractivity contribution in [2.45, 2.75) is 38.5 Å². The van der Waals surface area contributed by atoms with Gasteiger partial charge < -0.3 is 4.90 Å². The number of nitrogens with zero attached hydrogens (tertiary/aromatic N) is 2. The predicted octanol–water partition coefficient (Wildman–Crippen LogP) is 5.23. The molecule has 0 saturated carbocycles. The number of hydrogen-bond acceptors (Lipinski definition) is 3. The normalized spacial score (nSPS) is 24.8. The summed E-state index contributed by atoms with van der Waals surface area (Å²) in [6, 6.07) is 15.5. The summed E-state index contributed by atoms with van der Waals surface area (Å²) in [5.41, 5.74) is 6.99. The van der Waals surface area contributed by atoms with Crippen molar-refractivity contribution in [3.8, 4) is 11.1 Å². The van der Waals surface area contributed by atoms with Crippen LogP contribution in [0, 0.1) is 5.41 Å². The van der Waals surface area contributed by atoms with Crippen LogP contribution in [0.4, 0.5) is 5.69 Å². The molecule has 0 bridgehead atoms. The van der Waals surface area contributed by atoms with Crippen LogP contribution in [-0.2, 0) is 5.41 Å². The molecule has 0 aromatic heterocycles. The first-order valence-corrected chi connectivity index (χ1v) is 9.04. The molecule has 2 aromatic rings. The highest BCUT2D eigenvalue weighted by atomic mass is 32.2. The molecule has 3 heterocycles. The van der Waals surface area contributed by atoms with Gasteiger partial charge in [-0.3, -0.25) is 0 Å². The number of rotatable bonds is 0. The van der Waals surface area contributed by atoms with Gasteiger partial charge in [-0.2, -0.15) is 4.40 Å².